The molecule has 5 nitrogen and oxygen atoms in total. The summed E-state index contributed by atoms with van der Waals surface area (Å²) in [5, 5.41) is 7.05. The monoisotopic (exact) mass is 532 g/mol. The summed E-state index contributed by atoms with van der Waals surface area (Å²) >= 11 is 1.95. The molecule has 0 spiro atoms. The number of hydrogen-bond donors (Lipinski definition) is 2. The molecule has 0 aliphatic carbocycles. The summed E-state index contributed by atoms with van der Waals surface area (Å²) in [7, 11) is 0. The first-order valence-electron chi connectivity index (χ1n) is 10.7. The van der Waals surface area contributed by atoms with Crippen molar-refractivity contribution < 1.29 is 4.74 Å². The third kappa shape index (κ3) is 7.60. The lowest BCUT2D eigenvalue weighted by Gasteiger charge is -2.34. The number of nitrogens with one attached hydrogen (secondary N) is 2. The Bertz CT molecular complexity index is 610. The van der Waals surface area contributed by atoms with E-state index in [0.717, 1.165) is 58.2 Å². The highest BCUT2D eigenvalue weighted by molar-refractivity contribution is 14.0. The highest BCUT2D eigenvalue weighted by Crippen LogP contribution is 2.34. The van der Waals surface area contributed by atoms with E-state index in [1.165, 1.54) is 24.9 Å². The molecule has 0 radical (unpaired) electrons. The Morgan fingerprint density at radius 3 is 2.69 bits per heavy atom. The van der Waals surface area contributed by atoms with E-state index in [2.05, 4.69) is 59.0 Å². The highest BCUT2D eigenvalue weighted by atomic mass is 127. The van der Waals surface area contributed by atoms with Crippen molar-refractivity contribution in [1.29, 1.82) is 0 Å². The van der Waals surface area contributed by atoms with Gasteiger partial charge in [-0.1, -0.05) is 30.3 Å². The number of benzene rings is 1. The summed E-state index contributed by atoms with van der Waals surface area (Å²) in [6.07, 6.45) is 6.92. The van der Waals surface area contributed by atoms with Crippen molar-refractivity contribution in [2.24, 2.45) is 4.99 Å². The Kier molecular flexibility index (Phi) is 11.1. The second-order valence-corrected chi connectivity index (χ2v) is 9.10. The summed E-state index contributed by atoms with van der Waals surface area (Å²) in [6.45, 7) is 8.76. The minimum Gasteiger partial charge on any atom is -0.381 e. The van der Waals surface area contributed by atoms with E-state index in [1.54, 1.807) is 0 Å². The molecule has 0 bridgehead atoms. The number of thioether (sulfide) groups is 1. The van der Waals surface area contributed by atoms with Crippen LogP contribution in [-0.4, -0.2) is 67.3 Å². The second kappa shape index (κ2) is 13.0. The smallest absolute Gasteiger partial charge is 0.191 e. The molecule has 2 aliphatic heterocycles. The minimum absolute atomic E-state index is 0. The van der Waals surface area contributed by atoms with Gasteiger partial charge in [0.2, 0.25) is 0 Å². The van der Waals surface area contributed by atoms with Crippen LogP contribution in [0.3, 0.4) is 0 Å². The van der Waals surface area contributed by atoms with Crippen LogP contribution in [0.4, 0.5) is 0 Å². The lowest BCUT2D eigenvalue weighted by atomic mass is 9.99. The molecule has 2 aliphatic rings. The molecule has 0 amide bonds. The number of halogens is 1. The maximum absolute atomic E-state index is 5.56. The van der Waals surface area contributed by atoms with Gasteiger partial charge in [-0.25, -0.2) is 0 Å². The Balaban J connectivity index is 0.00000300. The quantitative estimate of drug-likeness (QED) is 0.304. The average molecular weight is 533 g/mol. The van der Waals surface area contributed by atoms with Crippen LogP contribution in [0.25, 0.3) is 0 Å². The summed E-state index contributed by atoms with van der Waals surface area (Å²) in [4.78, 5) is 7.55. The molecular formula is C22H37IN4OS. The molecule has 7 heteroatoms. The van der Waals surface area contributed by atoms with E-state index < -0.39 is 0 Å². The van der Waals surface area contributed by atoms with Crippen LogP contribution in [0.15, 0.2) is 35.3 Å². The van der Waals surface area contributed by atoms with Crippen molar-refractivity contribution in [3.63, 3.8) is 0 Å². The van der Waals surface area contributed by atoms with E-state index in [4.69, 9.17) is 9.73 Å². The van der Waals surface area contributed by atoms with Crippen LogP contribution in [-0.2, 0) is 11.3 Å². The molecule has 2 heterocycles. The molecule has 2 fully saturated rings. The molecule has 0 saturated carbocycles. The van der Waals surface area contributed by atoms with E-state index >= 15 is 0 Å². The number of rotatable bonds is 8. The fraction of sp³-hybridized carbons (Fsp3) is 0.682. The molecular weight excluding hydrogens is 495 g/mol. The third-order valence-electron chi connectivity index (χ3n) is 5.94. The van der Waals surface area contributed by atoms with Gasteiger partial charge in [0.15, 0.2) is 5.96 Å². The molecule has 29 heavy (non-hydrogen) atoms. The molecule has 2 saturated heterocycles. The van der Waals surface area contributed by atoms with Crippen LogP contribution < -0.4 is 10.6 Å². The third-order valence-corrected chi connectivity index (χ3v) is 7.34. The first-order valence-corrected chi connectivity index (χ1v) is 11.9. The number of guanidine groups is 1. The summed E-state index contributed by atoms with van der Waals surface area (Å²) in [5.41, 5.74) is 1.40. The Morgan fingerprint density at radius 2 is 2.00 bits per heavy atom. The zero-order valence-electron chi connectivity index (χ0n) is 17.9. The van der Waals surface area contributed by atoms with Gasteiger partial charge in [-0.05, 0) is 51.0 Å². The van der Waals surface area contributed by atoms with Crippen LogP contribution in [0.2, 0.25) is 0 Å². The summed E-state index contributed by atoms with van der Waals surface area (Å²) in [5.74, 6) is 0.953. The normalized spacial score (nSPS) is 22.1. The van der Waals surface area contributed by atoms with Crippen LogP contribution in [0, 0.1) is 0 Å². The van der Waals surface area contributed by atoms with Crippen molar-refractivity contribution in [3.8, 4) is 0 Å². The van der Waals surface area contributed by atoms with Crippen LogP contribution in [0.1, 0.15) is 38.2 Å². The van der Waals surface area contributed by atoms with Crippen molar-refractivity contribution in [2.45, 2.75) is 49.9 Å². The Labute approximate surface area is 197 Å². The molecule has 1 atom stereocenters. The SMILES string of the molecule is CCNC(=NCC1(SC)CCOCC1)NCC1CCCN1Cc1ccccc1.I. The van der Waals surface area contributed by atoms with Crippen LogP contribution >= 0.6 is 35.7 Å². The van der Waals surface area contributed by atoms with Crippen molar-refractivity contribution in [2.75, 3.05) is 45.6 Å². The van der Waals surface area contributed by atoms with Gasteiger partial charge in [-0.3, -0.25) is 9.89 Å². The van der Waals surface area contributed by atoms with Gasteiger partial charge in [-0.2, -0.15) is 11.8 Å². The first kappa shape index (κ1) is 24.8. The Morgan fingerprint density at radius 1 is 1.24 bits per heavy atom. The predicted octanol–water partition coefficient (Wildman–Crippen LogP) is 3.74. The lowest BCUT2D eigenvalue weighted by molar-refractivity contribution is 0.0794. The zero-order valence-corrected chi connectivity index (χ0v) is 21.0. The lowest BCUT2D eigenvalue weighted by Crippen LogP contribution is -2.45. The second-order valence-electron chi connectivity index (χ2n) is 7.83. The average Bonchev–Trinajstić information content (AvgIpc) is 3.18. The van der Waals surface area contributed by atoms with E-state index in [0.29, 0.717) is 6.04 Å². The van der Waals surface area contributed by atoms with E-state index in [-0.39, 0.29) is 28.7 Å². The topological polar surface area (TPSA) is 48.9 Å². The molecule has 2 N–H and O–H groups in total. The van der Waals surface area contributed by atoms with Gasteiger partial charge in [0, 0.05) is 43.6 Å². The maximum atomic E-state index is 5.56. The van der Waals surface area contributed by atoms with E-state index in [9.17, 15) is 0 Å². The van der Waals surface area contributed by atoms with Gasteiger partial charge in [0.1, 0.15) is 0 Å². The van der Waals surface area contributed by atoms with E-state index in [1.807, 2.05) is 11.8 Å². The number of aliphatic imine (C=N–C) groups is 1. The first-order chi connectivity index (χ1) is 13.7. The van der Waals surface area contributed by atoms with Gasteiger partial charge in [0.25, 0.3) is 0 Å². The van der Waals surface area contributed by atoms with Gasteiger partial charge < -0.3 is 15.4 Å². The summed E-state index contributed by atoms with van der Waals surface area (Å²) < 4.78 is 5.79. The number of nitrogens with zero attached hydrogens (tertiary/aromatic N) is 2. The standard InChI is InChI=1S/C22H36N4OS.HI/c1-3-23-21(25-18-22(28-2)11-14-27-15-12-22)24-16-20-10-7-13-26(20)17-19-8-5-4-6-9-19;/h4-6,8-9,20H,3,7,10-18H2,1-2H3,(H2,23,24,25);1H. The molecule has 1 unspecified atom stereocenters. The van der Waals surface area contributed by atoms with Crippen molar-refractivity contribution >= 4 is 41.7 Å². The van der Waals surface area contributed by atoms with Gasteiger partial charge >= 0.3 is 0 Å². The predicted molar refractivity (Wildman–Crippen MR) is 136 cm³/mol. The highest BCUT2D eigenvalue weighted by Gasteiger charge is 2.31. The van der Waals surface area contributed by atoms with Crippen molar-refractivity contribution in [1.82, 2.24) is 15.5 Å². The summed E-state index contributed by atoms with van der Waals surface area (Å²) in [6, 6.07) is 11.4. The van der Waals surface area contributed by atoms with Crippen LogP contribution in [0.5, 0.6) is 0 Å². The van der Waals surface area contributed by atoms with Gasteiger partial charge in [0.05, 0.1) is 6.54 Å². The Hall–Kier alpha value is -0.510. The molecule has 164 valence electrons. The number of hydrogen-bond acceptors (Lipinski definition) is 4. The fourth-order valence-corrected chi connectivity index (χ4v) is 4.87. The molecule has 0 aromatic heterocycles. The fourth-order valence-electron chi connectivity index (χ4n) is 4.10. The largest absolute Gasteiger partial charge is 0.381 e. The zero-order chi connectivity index (χ0) is 19.7. The molecule has 1 aromatic rings. The molecule has 3 rings (SSSR count). The van der Waals surface area contributed by atoms with Gasteiger partial charge in [-0.15, -0.1) is 24.0 Å². The maximum Gasteiger partial charge on any atom is 0.191 e. The minimum atomic E-state index is 0. The molecule has 1 aromatic carbocycles. The number of ether oxygens (including phenoxy) is 1. The van der Waals surface area contributed by atoms with Crippen molar-refractivity contribution in [3.05, 3.63) is 35.9 Å². The number of likely N-dealkylation sites (tertiary alicyclic amines) is 1.